The summed E-state index contributed by atoms with van der Waals surface area (Å²) in [6.45, 7) is -0.106. The predicted molar refractivity (Wildman–Crippen MR) is 98.4 cm³/mol. The monoisotopic (exact) mass is 388 g/mol. The van der Waals surface area contributed by atoms with Crippen molar-refractivity contribution in [2.75, 3.05) is 6.61 Å². The number of imidazole rings is 1. The van der Waals surface area contributed by atoms with Crippen LogP contribution in [0, 0.1) is 0 Å². The second kappa shape index (κ2) is 8.73. The molecule has 3 rings (SSSR count). The van der Waals surface area contributed by atoms with Crippen LogP contribution in [0.5, 0.6) is 5.75 Å². The summed E-state index contributed by atoms with van der Waals surface area (Å²) in [5.41, 5.74) is 0.481. The molecule has 0 amide bonds. The van der Waals surface area contributed by atoms with Gasteiger partial charge in [0.1, 0.15) is 12.4 Å². The summed E-state index contributed by atoms with van der Waals surface area (Å²) in [7, 11) is 0. The maximum absolute atomic E-state index is 13.0. The molecule has 0 atom stereocenters. The molecule has 0 fully saturated rings. The minimum atomic E-state index is -4.38. The highest BCUT2D eigenvalue weighted by Gasteiger charge is 2.32. The van der Waals surface area contributed by atoms with Crippen LogP contribution in [0.4, 0.5) is 13.2 Å². The first-order valence-electron chi connectivity index (χ1n) is 8.81. The number of hydrogen-bond donors (Lipinski definition) is 0. The average Bonchev–Trinajstić information content (AvgIpc) is 3.21. The van der Waals surface area contributed by atoms with Crippen LogP contribution in [0.25, 0.3) is 5.69 Å². The maximum Gasteiger partial charge on any atom is 0.416 e. The zero-order chi connectivity index (χ0) is 20.0. The summed E-state index contributed by atoms with van der Waals surface area (Å²) in [6, 6.07) is 12.6. The molecule has 0 N–H and O–H groups in total. The summed E-state index contributed by atoms with van der Waals surface area (Å²) in [5.74, 6) is 0.405. The number of nitrogens with zero attached hydrogens (tertiary/aromatic N) is 2. The van der Waals surface area contributed by atoms with Gasteiger partial charge in [-0.25, -0.2) is 4.98 Å². The van der Waals surface area contributed by atoms with Crippen LogP contribution in [-0.4, -0.2) is 21.9 Å². The SMILES string of the molecule is O=C(CCCc1ccccc1C(F)(F)F)COc1ccc(-n2ccnc2)cc1. The van der Waals surface area contributed by atoms with Crippen LogP contribution in [0.1, 0.15) is 24.0 Å². The van der Waals surface area contributed by atoms with Gasteiger partial charge in [0.2, 0.25) is 0 Å². The fraction of sp³-hybridized carbons (Fsp3) is 0.238. The van der Waals surface area contributed by atoms with Gasteiger partial charge in [-0.3, -0.25) is 4.79 Å². The van der Waals surface area contributed by atoms with E-state index in [2.05, 4.69) is 4.98 Å². The Hall–Kier alpha value is -3.09. The van der Waals surface area contributed by atoms with Crippen molar-refractivity contribution in [1.29, 1.82) is 0 Å². The number of benzene rings is 2. The average molecular weight is 388 g/mol. The van der Waals surface area contributed by atoms with Crippen molar-refractivity contribution in [1.82, 2.24) is 9.55 Å². The second-order valence-electron chi connectivity index (χ2n) is 6.30. The molecule has 2 aromatic carbocycles. The molecule has 0 saturated heterocycles. The predicted octanol–water partition coefficient (Wildman–Crippen LogP) is 4.86. The van der Waals surface area contributed by atoms with Crippen molar-refractivity contribution >= 4 is 5.78 Å². The molecule has 0 radical (unpaired) electrons. The largest absolute Gasteiger partial charge is 0.486 e. The summed E-state index contributed by atoms with van der Waals surface area (Å²) in [6.07, 6.45) is 1.49. The quantitative estimate of drug-likeness (QED) is 0.553. The third kappa shape index (κ3) is 5.22. The Labute approximate surface area is 160 Å². The van der Waals surface area contributed by atoms with Gasteiger partial charge in [0, 0.05) is 24.5 Å². The summed E-state index contributed by atoms with van der Waals surface area (Å²) < 4.78 is 46.2. The van der Waals surface area contributed by atoms with E-state index in [1.165, 1.54) is 12.1 Å². The van der Waals surface area contributed by atoms with Crippen molar-refractivity contribution in [3.05, 3.63) is 78.4 Å². The molecular formula is C21H19F3N2O2. The first-order valence-corrected chi connectivity index (χ1v) is 8.81. The first kappa shape index (κ1) is 19.7. The number of rotatable bonds is 8. The van der Waals surface area contributed by atoms with Gasteiger partial charge in [-0.2, -0.15) is 13.2 Å². The Kier molecular flexibility index (Phi) is 6.13. The second-order valence-corrected chi connectivity index (χ2v) is 6.30. The molecule has 146 valence electrons. The molecule has 28 heavy (non-hydrogen) atoms. The molecule has 0 aliphatic carbocycles. The lowest BCUT2D eigenvalue weighted by atomic mass is 10.0. The lowest BCUT2D eigenvalue weighted by Gasteiger charge is -2.12. The zero-order valence-electron chi connectivity index (χ0n) is 15.0. The number of aromatic nitrogens is 2. The fourth-order valence-electron chi connectivity index (χ4n) is 2.85. The van der Waals surface area contributed by atoms with Crippen molar-refractivity contribution in [2.45, 2.75) is 25.4 Å². The Morgan fingerprint density at radius 1 is 1.07 bits per heavy atom. The number of carbonyl (C=O) groups is 1. The normalized spacial score (nSPS) is 11.4. The van der Waals surface area contributed by atoms with Crippen molar-refractivity contribution in [3.63, 3.8) is 0 Å². The fourth-order valence-corrected chi connectivity index (χ4v) is 2.85. The first-order chi connectivity index (χ1) is 13.4. The molecule has 0 aliphatic heterocycles. The van der Waals surface area contributed by atoms with Gasteiger partial charge in [0.25, 0.3) is 0 Å². The van der Waals surface area contributed by atoms with Crippen LogP contribution in [0.2, 0.25) is 0 Å². The van der Waals surface area contributed by atoms with E-state index in [0.29, 0.717) is 12.2 Å². The van der Waals surface area contributed by atoms with E-state index in [1.54, 1.807) is 30.7 Å². The van der Waals surface area contributed by atoms with Gasteiger partial charge in [-0.1, -0.05) is 18.2 Å². The Balaban J connectivity index is 1.45. The van der Waals surface area contributed by atoms with E-state index in [4.69, 9.17) is 4.74 Å². The third-order valence-electron chi connectivity index (χ3n) is 4.26. The molecule has 4 nitrogen and oxygen atoms in total. The van der Waals surface area contributed by atoms with Crippen LogP contribution in [0.15, 0.2) is 67.3 Å². The topological polar surface area (TPSA) is 44.1 Å². The minimum absolute atomic E-state index is 0.106. The number of halogens is 3. The highest BCUT2D eigenvalue weighted by atomic mass is 19.4. The van der Waals surface area contributed by atoms with Crippen LogP contribution in [0.3, 0.4) is 0 Å². The molecule has 1 aromatic heterocycles. The van der Waals surface area contributed by atoms with Crippen LogP contribution < -0.4 is 4.74 Å². The van der Waals surface area contributed by atoms with E-state index in [9.17, 15) is 18.0 Å². The number of ketones is 1. The van der Waals surface area contributed by atoms with E-state index in [1.807, 2.05) is 22.9 Å². The molecular weight excluding hydrogens is 369 g/mol. The molecule has 0 saturated carbocycles. The van der Waals surface area contributed by atoms with E-state index in [0.717, 1.165) is 11.8 Å². The van der Waals surface area contributed by atoms with Crippen molar-refractivity contribution in [3.8, 4) is 11.4 Å². The number of ether oxygens (including phenoxy) is 1. The molecule has 0 aliphatic rings. The van der Waals surface area contributed by atoms with Gasteiger partial charge in [0.15, 0.2) is 5.78 Å². The zero-order valence-corrected chi connectivity index (χ0v) is 15.0. The molecule has 0 bridgehead atoms. The highest BCUT2D eigenvalue weighted by Crippen LogP contribution is 2.32. The van der Waals surface area contributed by atoms with Gasteiger partial charge in [-0.05, 0) is 48.7 Å². The number of hydrogen-bond acceptors (Lipinski definition) is 3. The molecule has 3 aromatic rings. The van der Waals surface area contributed by atoms with Gasteiger partial charge in [-0.15, -0.1) is 0 Å². The molecule has 1 heterocycles. The third-order valence-corrected chi connectivity index (χ3v) is 4.26. The number of aryl methyl sites for hydroxylation is 1. The van der Waals surface area contributed by atoms with E-state index < -0.39 is 11.7 Å². The lowest BCUT2D eigenvalue weighted by Crippen LogP contribution is -2.12. The summed E-state index contributed by atoms with van der Waals surface area (Å²) in [4.78, 5) is 16.0. The molecule has 0 spiro atoms. The maximum atomic E-state index is 13.0. The van der Waals surface area contributed by atoms with Crippen LogP contribution in [-0.2, 0) is 17.4 Å². The lowest BCUT2D eigenvalue weighted by molar-refractivity contribution is -0.138. The Morgan fingerprint density at radius 3 is 2.50 bits per heavy atom. The van der Waals surface area contributed by atoms with Crippen molar-refractivity contribution < 1.29 is 22.7 Å². The number of Topliss-reactive ketones (excluding diaryl/α,β-unsaturated/α-hetero) is 1. The van der Waals surface area contributed by atoms with E-state index in [-0.39, 0.29) is 30.8 Å². The number of alkyl halides is 3. The summed E-state index contributed by atoms with van der Waals surface area (Å²) >= 11 is 0. The highest BCUT2D eigenvalue weighted by molar-refractivity contribution is 5.79. The van der Waals surface area contributed by atoms with Crippen molar-refractivity contribution in [2.24, 2.45) is 0 Å². The standard InChI is InChI=1S/C21H19F3N2O2/c22-21(23,24)20-7-2-1-4-16(20)5-3-6-18(27)14-28-19-10-8-17(9-11-19)26-13-12-25-15-26/h1-2,4,7-13,15H,3,5-6,14H2. The number of carbonyl (C=O) groups excluding carboxylic acids is 1. The molecule has 0 unspecified atom stereocenters. The van der Waals surface area contributed by atoms with Gasteiger partial charge >= 0.3 is 6.18 Å². The molecule has 7 heteroatoms. The van der Waals surface area contributed by atoms with Gasteiger partial charge < -0.3 is 9.30 Å². The van der Waals surface area contributed by atoms with Gasteiger partial charge in [0.05, 0.1) is 11.9 Å². The summed E-state index contributed by atoms with van der Waals surface area (Å²) in [5, 5.41) is 0. The smallest absolute Gasteiger partial charge is 0.416 e. The Morgan fingerprint density at radius 2 is 1.82 bits per heavy atom. The van der Waals surface area contributed by atoms with E-state index >= 15 is 0 Å². The van der Waals surface area contributed by atoms with Crippen LogP contribution >= 0.6 is 0 Å². The minimum Gasteiger partial charge on any atom is -0.486 e. The Bertz CT molecular complexity index is 904.